The molecule has 0 spiro atoms. The third-order valence-electron chi connectivity index (χ3n) is 2.39. The molecule has 1 N–H and O–H groups in total. The van der Waals surface area contributed by atoms with Gasteiger partial charge in [0.25, 0.3) is 0 Å². The average molecular weight is 259 g/mol. The molecule has 0 unspecified atom stereocenters. The van der Waals surface area contributed by atoms with Gasteiger partial charge in [0.05, 0.1) is 30.7 Å². The fourth-order valence-corrected chi connectivity index (χ4v) is 1.54. The highest BCUT2D eigenvalue weighted by molar-refractivity contribution is 5.38. The highest BCUT2D eigenvalue weighted by atomic mass is 16.5. The Kier molecular flexibility index (Phi) is 4.22. The summed E-state index contributed by atoms with van der Waals surface area (Å²) in [4.78, 5) is 17.0. The molecule has 0 saturated heterocycles. The minimum Gasteiger partial charge on any atom is -0.478 e. The van der Waals surface area contributed by atoms with E-state index in [1.54, 1.807) is 18.5 Å². The number of nitrogens with zero attached hydrogens (tertiary/aromatic N) is 4. The molecule has 0 saturated carbocycles. The normalized spacial score (nSPS) is 10.3. The van der Waals surface area contributed by atoms with Gasteiger partial charge >= 0.3 is 0 Å². The van der Waals surface area contributed by atoms with Gasteiger partial charge in [-0.15, -0.1) is 0 Å². The molecule has 2 heterocycles. The maximum atomic E-state index is 5.38. The fraction of sp³-hybridized carbons (Fsp3) is 0.385. The zero-order valence-electron chi connectivity index (χ0n) is 11.3. The van der Waals surface area contributed by atoms with Gasteiger partial charge in [0.1, 0.15) is 11.6 Å². The number of hydrogen-bond donors (Lipinski definition) is 1. The van der Waals surface area contributed by atoms with Crippen molar-refractivity contribution >= 4 is 5.82 Å². The lowest BCUT2D eigenvalue weighted by atomic mass is 10.4. The van der Waals surface area contributed by atoms with Crippen LogP contribution in [0.3, 0.4) is 0 Å². The van der Waals surface area contributed by atoms with Crippen LogP contribution in [0.2, 0.25) is 0 Å². The van der Waals surface area contributed by atoms with E-state index in [1.807, 2.05) is 20.8 Å². The smallest absolute Gasteiger partial charge is 0.218 e. The first-order valence-corrected chi connectivity index (χ1v) is 6.17. The minimum absolute atomic E-state index is 0.565. The largest absolute Gasteiger partial charge is 0.478 e. The van der Waals surface area contributed by atoms with Crippen LogP contribution in [0.5, 0.6) is 5.88 Å². The topological polar surface area (TPSA) is 72.8 Å². The predicted molar refractivity (Wildman–Crippen MR) is 72.0 cm³/mol. The van der Waals surface area contributed by atoms with Gasteiger partial charge in [0, 0.05) is 12.3 Å². The minimum atomic E-state index is 0.565. The molecule has 0 amide bonds. The zero-order valence-corrected chi connectivity index (χ0v) is 11.3. The number of hydrogen-bond acceptors (Lipinski definition) is 6. The molecule has 19 heavy (non-hydrogen) atoms. The number of aryl methyl sites for hydroxylation is 2. The van der Waals surface area contributed by atoms with E-state index in [-0.39, 0.29) is 0 Å². The Bertz CT molecular complexity index is 541. The first-order chi connectivity index (χ1) is 9.17. The Labute approximate surface area is 112 Å². The molecule has 6 heteroatoms. The summed E-state index contributed by atoms with van der Waals surface area (Å²) in [6.45, 7) is 6.81. The summed E-state index contributed by atoms with van der Waals surface area (Å²) in [5, 5.41) is 3.19. The van der Waals surface area contributed by atoms with E-state index in [0.29, 0.717) is 24.9 Å². The fourth-order valence-electron chi connectivity index (χ4n) is 1.54. The van der Waals surface area contributed by atoms with Crippen molar-refractivity contribution in [2.75, 3.05) is 11.9 Å². The summed E-state index contributed by atoms with van der Waals surface area (Å²) in [6, 6.07) is 1.78. The Balaban J connectivity index is 2.04. The van der Waals surface area contributed by atoms with Gasteiger partial charge in [-0.05, 0) is 20.8 Å². The number of ether oxygens (including phenoxy) is 1. The van der Waals surface area contributed by atoms with Crippen molar-refractivity contribution in [2.45, 2.75) is 27.3 Å². The molecule has 0 atom stereocenters. The standard InChI is InChI=1S/C13H17N5O/c1-4-19-13-5-12(17-10(3)18-13)16-8-11-7-14-9(2)6-15-11/h5-7H,4,8H2,1-3H3,(H,16,17,18). The van der Waals surface area contributed by atoms with Gasteiger partial charge in [-0.1, -0.05) is 0 Å². The van der Waals surface area contributed by atoms with Crippen LogP contribution in [-0.2, 0) is 6.54 Å². The molecule has 2 aromatic heterocycles. The zero-order chi connectivity index (χ0) is 13.7. The van der Waals surface area contributed by atoms with Crippen LogP contribution in [0.25, 0.3) is 0 Å². The maximum Gasteiger partial charge on any atom is 0.218 e. The molecule has 2 aromatic rings. The third kappa shape index (κ3) is 3.87. The van der Waals surface area contributed by atoms with Crippen molar-refractivity contribution in [3.05, 3.63) is 35.7 Å². The second kappa shape index (κ2) is 6.08. The van der Waals surface area contributed by atoms with Crippen LogP contribution < -0.4 is 10.1 Å². The number of rotatable bonds is 5. The summed E-state index contributed by atoms with van der Waals surface area (Å²) < 4.78 is 5.38. The number of nitrogens with one attached hydrogen (secondary N) is 1. The van der Waals surface area contributed by atoms with Gasteiger partial charge in [-0.25, -0.2) is 4.98 Å². The molecule has 0 aromatic carbocycles. The average Bonchev–Trinajstić information content (AvgIpc) is 2.38. The lowest BCUT2D eigenvalue weighted by Gasteiger charge is -2.08. The van der Waals surface area contributed by atoms with Gasteiger partial charge in [-0.3, -0.25) is 9.97 Å². The van der Waals surface area contributed by atoms with E-state index in [4.69, 9.17) is 4.74 Å². The summed E-state index contributed by atoms with van der Waals surface area (Å²) in [5.41, 5.74) is 1.76. The van der Waals surface area contributed by atoms with Crippen molar-refractivity contribution in [2.24, 2.45) is 0 Å². The van der Waals surface area contributed by atoms with Crippen LogP contribution in [0.15, 0.2) is 18.5 Å². The summed E-state index contributed by atoms with van der Waals surface area (Å²) in [7, 11) is 0. The van der Waals surface area contributed by atoms with Gasteiger partial charge < -0.3 is 10.1 Å². The van der Waals surface area contributed by atoms with Crippen LogP contribution in [-0.4, -0.2) is 26.5 Å². The Morgan fingerprint density at radius 1 is 1.16 bits per heavy atom. The molecular weight excluding hydrogens is 242 g/mol. The third-order valence-corrected chi connectivity index (χ3v) is 2.39. The summed E-state index contributed by atoms with van der Waals surface area (Å²) in [5.74, 6) is 1.97. The summed E-state index contributed by atoms with van der Waals surface area (Å²) >= 11 is 0. The van der Waals surface area contributed by atoms with E-state index < -0.39 is 0 Å². The molecule has 2 rings (SSSR count). The number of aromatic nitrogens is 4. The molecule has 0 aliphatic carbocycles. The second-order valence-electron chi connectivity index (χ2n) is 4.07. The van der Waals surface area contributed by atoms with Crippen LogP contribution >= 0.6 is 0 Å². The Morgan fingerprint density at radius 3 is 2.68 bits per heavy atom. The van der Waals surface area contributed by atoms with Crippen molar-refractivity contribution in [1.29, 1.82) is 0 Å². The monoisotopic (exact) mass is 259 g/mol. The van der Waals surface area contributed by atoms with Crippen molar-refractivity contribution in [1.82, 2.24) is 19.9 Å². The van der Waals surface area contributed by atoms with E-state index in [9.17, 15) is 0 Å². The molecular formula is C13H17N5O. The van der Waals surface area contributed by atoms with Gasteiger partial charge in [-0.2, -0.15) is 4.98 Å². The quantitative estimate of drug-likeness (QED) is 0.884. The van der Waals surface area contributed by atoms with Crippen molar-refractivity contribution in [3.63, 3.8) is 0 Å². The molecule has 0 fully saturated rings. The highest BCUT2D eigenvalue weighted by Crippen LogP contribution is 2.13. The van der Waals surface area contributed by atoms with E-state index in [2.05, 4.69) is 25.3 Å². The maximum absolute atomic E-state index is 5.38. The number of anilines is 1. The molecule has 100 valence electrons. The lowest BCUT2D eigenvalue weighted by Crippen LogP contribution is -2.06. The van der Waals surface area contributed by atoms with E-state index in [1.165, 1.54) is 0 Å². The Hall–Kier alpha value is -2.24. The lowest BCUT2D eigenvalue weighted by molar-refractivity contribution is 0.325. The molecule has 0 aliphatic rings. The first-order valence-electron chi connectivity index (χ1n) is 6.17. The molecule has 0 bridgehead atoms. The Morgan fingerprint density at radius 2 is 2.00 bits per heavy atom. The van der Waals surface area contributed by atoms with Crippen LogP contribution in [0.4, 0.5) is 5.82 Å². The second-order valence-corrected chi connectivity index (χ2v) is 4.07. The van der Waals surface area contributed by atoms with E-state index in [0.717, 1.165) is 17.2 Å². The van der Waals surface area contributed by atoms with Gasteiger partial charge in [0.15, 0.2) is 0 Å². The first kappa shape index (κ1) is 13.2. The van der Waals surface area contributed by atoms with E-state index >= 15 is 0 Å². The SMILES string of the molecule is CCOc1cc(NCc2cnc(C)cn2)nc(C)n1. The molecule has 6 nitrogen and oxygen atoms in total. The molecule has 0 aliphatic heterocycles. The van der Waals surface area contributed by atoms with Crippen molar-refractivity contribution < 1.29 is 4.74 Å². The molecule has 0 radical (unpaired) electrons. The summed E-state index contributed by atoms with van der Waals surface area (Å²) in [6.07, 6.45) is 3.49. The highest BCUT2D eigenvalue weighted by Gasteiger charge is 2.03. The van der Waals surface area contributed by atoms with Crippen LogP contribution in [0.1, 0.15) is 24.1 Å². The van der Waals surface area contributed by atoms with Gasteiger partial charge in [0.2, 0.25) is 5.88 Å². The van der Waals surface area contributed by atoms with Crippen molar-refractivity contribution in [3.8, 4) is 5.88 Å². The van der Waals surface area contributed by atoms with Crippen LogP contribution in [0, 0.1) is 13.8 Å². The predicted octanol–water partition coefficient (Wildman–Crippen LogP) is 1.89.